The maximum atomic E-state index is 13.7. The fraction of sp³-hybridized carbons (Fsp3) is 0.650. The molecule has 0 aromatic heterocycles. The van der Waals surface area contributed by atoms with E-state index in [1.165, 1.54) is 12.1 Å². The van der Waals surface area contributed by atoms with Crippen molar-refractivity contribution in [2.45, 2.75) is 45.1 Å². The van der Waals surface area contributed by atoms with E-state index >= 15 is 0 Å². The summed E-state index contributed by atoms with van der Waals surface area (Å²) in [6.07, 6.45) is 4.21. The zero-order valence-corrected chi connectivity index (χ0v) is 15.3. The van der Waals surface area contributed by atoms with Crippen LogP contribution in [0.4, 0.5) is 13.6 Å². The van der Waals surface area contributed by atoms with E-state index < -0.39 is 11.6 Å². The van der Waals surface area contributed by atoms with Crippen molar-refractivity contribution >= 4 is 6.03 Å². The van der Waals surface area contributed by atoms with Gasteiger partial charge in [0.2, 0.25) is 0 Å². The molecule has 0 aliphatic carbocycles. The molecule has 1 aromatic rings. The largest absolute Gasteiger partial charge is 0.381 e. The molecule has 2 aliphatic heterocycles. The van der Waals surface area contributed by atoms with Crippen LogP contribution in [0.15, 0.2) is 18.2 Å². The van der Waals surface area contributed by atoms with Crippen LogP contribution in [0.5, 0.6) is 0 Å². The van der Waals surface area contributed by atoms with Gasteiger partial charge in [0, 0.05) is 31.8 Å². The lowest BCUT2D eigenvalue weighted by Crippen LogP contribution is -2.51. The van der Waals surface area contributed by atoms with Crippen molar-refractivity contribution in [2.24, 2.45) is 11.8 Å². The predicted molar refractivity (Wildman–Crippen MR) is 95.9 cm³/mol. The summed E-state index contributed by atoms with van der Waals surface area (Å²) in [5.74, 6) is -0.182. The Bertz CT molecular complexity index is 618. The summed E-state index contributed by atoms with van der Waals surface area (Å²) >= 11 is 0. The topological polar surface area (TPSA) is 41.6 Å². The highest BCUT2D eigenvalue weighted by atomic mass is 19.1. The molecule has 1 aromatic carbocycles. The molecule has 2 amide bonds. The van der Waals surface area contributed by atoms with E-state index in [0.717, 1.165) is 44.8 Å². The zero-order chi connectivity index (χ0) is 18.5. The van der Waals surface area contributed by atoms with Gasteiger partial charge in [-0.25, -0.2) is 13.6 Å². The van der Waals surface area contributed by atoms with Crippen molar-refractivity contribution in [3.8, 4) is 0 Å². The molecule has 1 N–H and O–H groups in total. The predicted octanol–water partition coefficient (Wildman–Crippen LogP) is 3.74. The molecule has 144 valence electrons. The SMILES string of the molecule is CC1COCCC1NC(=O)N1CCC(CCc2ccc(F)cc2F)CC1. The van der Waals surface area contributed by atoms with Crippen LogP contribution in [0, 0.1) is 23.5 Å². The highest BCUT2D eigenvalue weighted by Crippen LogP contribution is 2.24. The summed E-state index contributed by atoms with van der Waals surface area (Å²) in [5, 5.41) is 3.15. The molecule has 0 spiro atoms. The normalized spacial score (nSPS) is 24.5. The first-order valence-corrected chi connectivity index (χ1v) is 9.60. The van der Waals surface area contributed by atoms with Gasteiger partial charge in [-0.3, -0.25) is 0 Å². The zero-order valence-electron chi connectivity index (χ0n) is 15.3. The number of hydrogen-bond acceptors (Lipinski definition) is 2. The number of likely N-dealkylation sites (tertiary alicyclic amines) is 1. The molecule has 2 aliphatic rings. The van der Waals surface area contributed by atoms with Crippen LogP contribution in [0.1, 0.15) is 38.2 Å². The number of nitrogens with zero attached hydrogens (tertiary/aromatic N) is 1. The Hall–Kier alpha value is -1.69. The van der Waals surface area contributed by atoms with Gasteiger partial charge in [0.1, 0.15) is 11.6 Å². The average molecular weight is 366 g/mol. The Balaban J connectivity index is 1.41. The number of rotatable bonds is 4. The van der Waals surface area contributed by atoms with Crippen LogP contribution < -0.4 is 5.32 Å². The molecule has 2 heterocycles. The molecule has 2 atom stereocenters. The van der Waals surface area contributed by atoms with Crippen molar-refractivity contribution in [1.82, 2.24) is 10.2 Å². The molecule has 3 rings (SSSR count). The summed E-state index contributed by atoms with van der Waals surface area (Å²) in [6, 6.07) is 3.99. The van der Waals surface area contributed by atoms with Gasteiger partial charge in [0.15, 0.2) is 0 Å². The Morgan fingerprint density at radius 1 is 1.27 bits per heavy atom. The van der Waals surface area contributed by atoms with Gasteiger partial charge in [0.05, 0.1) is 6.61 Å². The molecule has 0 bridgehead atoms. The summed E-state index contributed by atoms with van der Waals surface area (Å²) in [4.78, 5) is 14.3. The number of piperidine rings is 1. The second-order valence-corrected chi connectivity index (χ2v) is 7.60. The van der Waals surface area contributed by atoms with Crippen molar-refractivity contribution in [2.75, 3.05) is 26.3 Å². The van der Waals surface area contributed by atoms with Crippen molar-refractivity contribution < 1.29 is 18.3 Å². The van der Waals surface area contributed by atoms with Crippen LogP contribution in [0.25, 0.3) is 0 Å². The highest BCUT2D eigenvalue weighted by molar-refractivity contribution is 5.74. The first-order chi connectivity index (χ1) is 12.5. The van der Waals surface area contributed by atoms with E-state index in [1.54, 1.807) is 0 Å². The second kappa shape index (κ2) is 8.80. The number of carbonyl (C=O) groups is 1. The van der Waals surface area contributed by atoms with Gasteiger partial charge < -0.3 is 15.0 Å². The molecule has 2 saturated heterocycles. The van der Waals surface area contributed by atoms with E-state index in [0.29, 0.717) is 37.0 Å². The third kappa shape index (κ3) is 4.93. The van der Waals surface area contributed by atoms with Crippen molar-refractivity contribution in [3.63, 3.8) is 0 Å². The number of aryl methyl sites for hydroxylation is 1. The number of ether oxygens (including phenoxy) is 1. The highest BCUT2D eigenvalue weighted by Gasteiger charge is 2.27. The Labute approximate surface area is 153 Å². The number of amides is 2. The van der Waals surface area contributed by atoms with E-state index in [2.05, 4.69) is 12.2 Å². The van der Waals surface area contributed by atoms with Gasteiger partial charge in [-0.05, 0) is 55.6 Å². The van der Waals surface area contributed by atoms with E-state index in [1.807, 2.05) is 4.90 Å². The Morgan fingerprint density at radius 2 is 2.04 bits per heavy atom. The van der Waals surface area contributed by atoms with Crippen LogP contribution in [-0.2, 0) is 11.2 Å². The maximum Gasteiger partial charge on any atom is 0.317 e. The number of benzene rings is 1. The van der Waals surface area contributed by atoms with Crippen LogP contribution in [0.2, 0.25) is 0 Å². The van der Waals surface area contributed by atoms with Crippen LogP contribution in [0.3, 0.4) is 0 Å². The monoisotopic (exact) mass is 366 g/mol. The van der Waals surface area contributed by atoms with E-state index in [-0.39, 0.29) is 12.1 Å². The van der Waals surface area contributed by atoms with E-state index in [9.17, 15) is 13.6 Å². The van der Waals surface area contributed by atoms with Gasteiger partial charge in [-0.1, -0.05) is 13.0 Å². The third-order valence-corrected chi connectivity index (χ3v) is 5.69. The summed E-state index contributed by atoms with van der Waals surface area (Å²) in [5.41, 5.74) is 0.570. The summed E-state index contributed by atoms with van der Waals surface area (Å²) < 4.78 is 32.1. The third-order valence-electron chi connectivity index (χ3n) is 5.69. The van der Waals surface area contributed by atoms with Crippen LogP contribution in [-0.4, -0.2) is 43.3 Å². The minimum absolute atomic E-state index is 0.0202. The molecular weight excluding hydrogens is 338 g/mol. The van der Waals surface area contributed by atoms with E-state index in [4.69, 9.17) is 4.74 Å². The second-order valence-electron chi connectivity index (χ2n) is 7.60. The van der Waals surface area contributed by atoms with Crippen molar-refractivity contribution in [3.05, 3.63) is 35.4 Å². The number of hydrogen-bond donors (Lipinski definition) is 1. The minimum atomic E-state index is -0.538. The molecular formula is C20H28F2N2O2. The Kier molecular flexibility index (Phi) is 6.46. The lowest BCUT2D eigenvalue weighted by atomic mass is 9.90. The van der Waals surface area contributed by atoms with Crippen molar-refractivity contribution in [1.29, 1.82) is 0 Å². The molecule has 2 fully saturated rings. The smallest absolute Gasteiger partial charge is 0.317 e. The van der Waals surface area contributed by atoms with Gasteiger partial charge >= 0.3 is 6.03 Å². The lowest BCUT2D eigenvalue weighted by Gasteiger charge is -2.35. The number of carbonyl (C=O) groups excluding carboxylic acids is 1. The molecule has 0 radical (unpaired) electrons. The molecule has 2 unspecified atom stereocenters. The standard InChI is InChI=1S/C20H28F2N2O2/c1-14-13-26-11-8-19(14)23-20(25)24-9-6-15(7-10-24)2-3-16-4-5-17(21)12-18(16)22/h4-5,12,14-15,19H,2-3,6-11,13H2,1H3,(H,23,25). The molecule has 6 heteroatoms. The fourth-order valence-electron chi connectivity index (χ4n) is 3.85. The first-order valence-electron chi connectivity index (χ1n) is 9.60. The average Bonchev–Trinajstić information content (AvgIpc) is 2.63. The Morgan fingerprint density at radius 3 is 2.73 bits per heavy atom. The van der Waals surface area contributed by atoms with Gasteiger partial charge in [0.25, 0.3) is 0 Å². The summed E-state index contributed by atoms with van der Waals surface area (Å²) in [6.45, 7) is 4.98. The molecule has 0 saturated carbocycles. The van der Waals surface area contributed by atoms with Gasteiger partial charge in [-0.2, -0.15) is 0 Å². The van der Waals surface area contributed by atoms with Crippen LogP contribution >= 0.6 is 0 Å². The molecule has 4 nitrogen and oxygen atoms in total. The maximum absolute atomic E-state index is 13.7. The van der Waals surface area contributed by atoms with Gasteiger partial charge in [-0.15, -0.1) is 0 Å². The summed E-state index contributed by atoms with van der Waals surface area (Å²) in [7, 11) is 0. The molecule has 26 heavy (non-hydrogen) atoms. The lowest BCUT2D eigenvalue weighted by molar-refractivity contribution is 0.0397. The fourth-order valence-corrected chi connectivity index (χ4v) is 3.85. The number of halogens is 2. The quantitative estimate of drug-likeness (QED) is 0.882. The first kappa shape index (κ1) is 19.1. The number of urea groups is 1. The number of nitrogens with one attached hydrogen (secondary N) is 1. The minimum Gasteiger partial charge on any atom is -0.381 e.